The summed E-state index contributed by atoms with van der Waals surface area (Å²) in [6, 6.07) is 0. The van der Waals surface area contributed by atoms with Crippen LogP contribution in [0.4, 0.5) is 0 Å². The van der Waals surface area contributed by atoms with Crippen molar-refractivity contribution in [1.29, 1.82) is 0 Å². The highest BCUT2D eigenvalue weighted by molar-refractivity contribution is 5.94. The Morgan fingerprint density at radius 2 is 2.00 bits per heavy atom. The first-order chi connectivity index (χ1) is 9.06. The highest BCUT2D eigenvalue weighted by Gasteiger charge is 2.31. The largest absolute Gasteiger partial charge is 0.476 e. The van der Waals surface area contributed by atoms with Gasteiger partial charge in [0.25, 0.3) is 5.91 Å². The zero-order valence-electron chi connectivity index (χ0n) is 11.8. The van der Waals surface area contributed by atoms with E-state index in [4.69, 9.17) is 4.74 Å². The minimum atomic E-state index is 0.0569. The van der Waals surface area contributed by atoms with Crippen LogP contribution in [0.25, 0.3) is 0 Å². The summed E-state index contributed by atoms with van der Waals surface area (Å²) in [5, 5.41) is 4.42. The molecule has 3 heterocycles. The van der Waals surface area contributed by atoms with Crippen molar-refractivity contribution < 1.29 is 9.53 Å². The van der Waals surface area contributed by atoms with Gasteiger partial charge in [-0.05, 0) is 25.2 Å². The summed E-state index contributed by atoms with van der Waals surface area (Å²) in [5.41, 5.74) is 1.45. The Balaban J connectivity index is 1.84. The second-order valence-electron chi connectivity index (χ2n) is 6.01. The van der Waals surface area contributed by atoms with Gasteiger partial charge in [-0.15, -0.1) is 0 Å². The predicted molar refractivity (Wildman–Crippen MR) is 71.3 cm³/mol. The number of aromatic nitrogens is 2. The molecular weight excluding hydrogens is 242 g/mol. The van der Waals surface area contributed by atoms with Crippen molar-refractivity contribution in [3.8, 4) is 5.88 Å². The van der Waals surface area contributed by atoms with E-state index in [1.165, 1.54) is 6.42 Å². The molecule has 104 valence electrons. The molecule has 0 bridgehead atoms. The molecule has 2 aliphatic heterocycles. The average molecular weight is 263 g/mol. The van der Waals surface area contributed by atoms with E-state index in [2.05, 4.69) is 18.9 Å². The number of fused-ring (bicyclic) bond motifs is 1. The number of amides is 1. The Bertz CT molecular complexity index is 499. The third-order valence-electron chi connectivity index (χ3n) is 4.03. The minimum absolute atomic E-state index is 0.0569. The summed E-state index contributed by atoms with van der Waals surface area (Å²) in [6.45, 7) is 9.43. The highest BCUT2D eigenvalue weighted by atomic mass is 16.5. The maximum Gasteiger partial charge on any atom is 0.274 e. The maximum atomic E-state index is 12.6. The molecule has 2 aliphatic rings. The van der Waals surface area contributed by atoms with Gasteiger partial charge in [0, 0.05) is 18.7 Å². The smallest absolute Gasteiger partial charge is 0.274 e. The Morgan fingerprint density at radius 3 is 2.63 bits per heavy atom. The standard InChI is InChI=1S/C14H21N3O2/c1-9-6-10(2)8-16(7-9)13(18)12-11(3)14-17(15-12)4-5-19-14/h9-10H,4-8H2,1-3H3. The van der Waals surface area contributed by atoms with E-state index in [9.17, 15) is 4.79 Å². The quantitative estimate of drug-likeness (QED) is 0.775. The summed E-state index contributed by atoms with van der Waals surface area (Å²) in [7, 11) is 0. The van der Waals surface area contributed by atoms with Crippen molar-refractivity contribution >= 4 is 5.91 Å². The van der Waals surface area contributed by atoms with Gasteiger partial charge in [0.2, 0.25) is 5.88 Å². The van der Waals surface area contributed by atoms with Gasteiger partial charge in [-0.2, -0.15) is 5.10 Å². The van der Waals surface area contributed by atoms with Crippen LogP contribution in [0.3, 0.4) is 0 Å². The molecule has 2 unspecified atom stereocenters. The van der Waals surface area contributed by atoms with Crippen LogP contribution in [0.1, 0.15) is 36.3 Å². The second kappa shape index (κ2) is 4.54. The molecule has 19 heavy (non-hydrogen) atoms. The molecule has 0 spiro atoms. The van der Waals surface area contributed by atoms with Crippen LogP contribution in [0, 0.1) is 18.8 Å². The molecule has 0 radical (unpaired) electrons. The number of likely N-dealkylation sites (tertiary alicyclic amines) is 1. The molecule has 1 aromatic heterocycles. The average Bonchev–Trinajstić information content (AvgIpc) is 2.91. The molecule has 3 rings (SSSR count). The van der Waals surface area contributed by atoms with Gasteiger partial charge in [-0.1, -0.05) is 13.8 Å². The number of nitrogens with zero attached hydrogens (tertiary/aromatic N) is 3. The molecule has 1 amide bonds. The molecule has 0 N–H and O–H groups in total. The first kappa shape index (κ1) is 12.5. The first-order valence-corrected chi connectivity index (χ1v) is 7.05. The number of carbonyl (C=O) groups excluding carboxylic acids is 1. The molecule has 0 aliphatic carbocycles. The van der Waals surface area contributed by atoms with Crippen molar-refractivity contribution in [2.75, 3.05) is 19.7 Å². The first-order valence-electron chi connectivity index (χ1n) is 7.05. The Labute approximate surface area is 113 Å². The lowest BCUT2D eigenvalue weighted by Gasteiger charge is -2.34. The van der Waals surface area contributed by atoms with Crippen LogP contribution in [-0.4, -0.2) is 40.3 Å². The summed E-state index contributed by atoms with van der Waals surface area (Å²) in [5.74, 6) is 1.96. The van der Waals surface area contributed by atoms with E-state index >= 15 is 0 Å². The van der Waals surface area contributed by atoms with Gasteiger partial charge < -0.3 is 9.64 Å². The Morgan fingerprint density at radius 1 is 1.32 bits per heavy atom. The number of rotatable bonds is 1. The summed E-state index contributed by atoms with van der Waals surface area (Å²) < 4.78 is 7.32. The lowest BCUT2D eigenvalue weighted by Crippen LogP contribution is -2.43. The predicted octanol–water partition coefficient (Wildman–Crippen LogP) is 1.70. The maximum absolute atomic E-state index is 12.6. The lowest BCUT2D eigenvalue weighted by atomic mass is 9.91. The summed E-state index contributed by atoms with van der Waals surface area (Å²) in [6.07, 6.45) is 1.20. The van der Waals surface area contributed by atoms with Crippen LogP contribution >= 0.6 is 0 Å². The molecule has 5 nitrogen and oxygen atoms in total. The SMILES string of the molecule is Cc1c(C(=O)N2CC(C)CC(C)C2)nn2c1OCC2. The van der Waals surface area contributed by atoms with Crippen molar-refractivity contribution in [2.24, 2.45) is 11.8 Å². The van der Waals surface area contributed by atoms with Crippen molar-refractivity contribution in [2.45, 2.75) is 33.7 Å². The molecular formula is C14H21N3O2. The van der Waals surface area contributed by atoms with E-state index in [0.29, 0.717) is 24.1 Å². The van der Waals surface area contributed by atoms with Crippen LogP contribution in [-0.2, 0) is 6.54 Å². The van der Waals surface area contributed by atoms with E-state index in [1.807, 2.05) is 11.8 Å². The molecule has 1 saturated heterocycles. The van der Waals surface area contributed by atoms with Crippen LogP contribution < -0.4 is 4.74 Å². The van der Waals surface area contributed by atoms with Crippen LogP contribution in [0.5, 0.6) is 5.88 Å². The second-order valence-corrected chi connectivity index (χ2v) is 6.01. The van der Waals surface area contributed by atoms with Crippen molar-refractivity contribution in [1.82, 2.24) is 14.7 Å². The van der Waals surface area contributed by atoms with Gasteiger partial charge in [0.15, 0.2) is 5.69 Å². The van der Waals surface area contributed by atoms with Gasteiger partial charge in [0.05, 0.1) is 6.54 Å². The number of hydrogen-bond acceptors (Lipinski definition) is 3. The Kier molecular flexibility index (Phi) is 2.99. The third-order valence-corrected chi connectivity index (χ3v) is 4.03. The van der Waals surface area contributed by atoms with Gasteiger partial charge in [0.1, 0.15) is 6.61 Å². The molecule has 1 aromatic rings. The van der Waals surface area contributed by atoms with E-state index < -0.39 is 0 Å². The zero-order valence-corrected chi connectivity index (χ0v) is 11.8. The topological polar surface area (TPSA) is 47.4 Å². The lowest BCUT2D eigenvalue weighted by molar-refractivity contribution is 0.0615. The molecule has 2 atom stereocenters. The fourth-order valence-electron chi connectivity index (χ4n) is 3.28. The summed E-state index contributed by atoms with van der Waals surface area (Å²) >= 11 is 0. The monoisotopic (exact) mass is 263 g/mol. The molecule has 0 aromatic carbocycles. The van der Waals surface area contributed by atoms with Crippen molar-refractivity contribution in [3.63, 3.8) is 0 Å². The van der Waals surface area contributed by atoms with E-state index in [1.54, 1.807) is 4.68 Å². The van der Waals surface area contributed by atoms with Crippen LogP contribution in [0.2, 0.25) is 0 Å². The third kappa shape index (κ3) is 2.11. The fourth-order valence-corrected chi connectivity index (χ4v) is 3.28. The van der Waals surface area contributed by atoms with Gasteiger partial charge >= 0.3 is 0 Å². The summed E-state index contributed by atoms with van der Waals surface area (Å²) in [4.78, 5) is 14.6. The van der Waals surface area contributed by atoms with Gasteiger partial charge in [-0.3, -0.25) is 4.79 Å². The van der Waals surface area contributed by atoms with Gasteiger partial charge in [-0.25, -0.2) is 4.68 Å². The van der Waals surface area contributed by atoms with Crippen molar-refractivity contribution in [3.05, 3.63) is 11.3 Å². The number of carbonyl (C=O) groups is 1. The van der Waals surface area contributed by atoms with E-state index in [-0.39, 0.29) is 5.91 Å². The fraction of sp³-hybridized carbons (Fsp3) is 0.714. The number of hydrogen-bond donors (Lipinski definition) is 0. The minimum Gasteiger partial charge on any atom is -0.476 e. The normalized spacial score (nSPS) is 26.2. The number of piperidine rings is 1. The molecule has 0 saturated carbocycles. The molecule has 1 fully saturated rings. The van der Waals surface area contributed by atoms with Crippen LogP contribution in [0.15, 0.2) is 0 Å². The van der Waals surface area contributed by atoms with E-state index in [0.717, 1.165) is 31.1 Å². The number of ether oxygens (including phenoxy) is 1. The molecule has 5 heteroatoms. The highest BCUT2D eigenvalue weighted by Crippen LogP contribution is 2.28. The zero-order chi connectivity index (χ0) is 13.6. The Hall–Kier alpha value is -1.52.